The van der Waals surface area contributed by atoms with Crippen molar-refractivity contribution in [2.45, 2.75) is 38.0 Å². The van der Waals surface area contributed by atoms with Gasteiger partial charge in [-0.15, -0.1) is 0 Å². The van der Waals surface area contributed by atoms with Gasteiger partial charge in [0, 0.05) is 24.6 Å². The predicted molar refractivity (Wildman–Crippen MR) is 85.6 cm³/mol. The molecule has 1 saturated heterocycles. The zero-order valence-corrected chi connectivity index (χ0v) is 13.4. The maximum atomic E-state index is 13.3. The summed E-state index contributed by atoms with van der Waals surface area (Å²) < 4.78 is 18.6. The Balaban J connectivity index is 1.38. The lowest BCUT2D eigenvalue weighted by Crippen LogP contribution is -2.51. The lowest BCUT2D eigenvalue weighted by atomic mass is 9.86. The van der Waals surface area contributed by atoms with E-state index in [0.717, 1.165) is 25.7 Å². The smallest absolute Gasteiger partial charge is 0.233 e. The number of hydrogen-bond donors (Lipinski definition) is 0. The fourth-order valence-electron chi connectivity index (χ4n) is 3.57. The first-order chi connectivity index (χ1) is 11.7. The van der Waals surface area contributed by atoms with Crippen molar-refractivity contribution in [1.82, 2.24) is 15.0 Å². The molecule has 1 saturated carbocycles. The van der Waals surface area contributed by atoms with Gasteiger partial charge in [0.25, 0.3) is 0 Å². The van der Waals surface area contributed by atoms with Crippen molar-refractivity contribution in [3.63, 3.8) is 0 Å². The summed E-state index contributed by atoms with van der Waals surface area (Å²) in [5, 5.41) is 3.93. The Labute approximate surface area is 139 Å². The van der Waals surface area contributed by atoms with Crippen LogP contribution in [-0.4, -0.2) is 34.0 Å². The minimum absolute atomic E-state index is 0.0901. The van der Waals surface area contributed by atoms with Crippen LogP contribution in [0, 0.1) is 11.7 Å². The van der Waals surface area contributed by atoms with E-state index < -0.39 is 0 Å². The highest BCUT2D eigenvalue weighted by atomic mass is 19.1. The molecule has 0 atom stereocenters. The minimum Gasteiger partial charge on any atom is -0.341 e. The van der Waals surface area contributed by atoms with Gasteiger partial charge in [0.05, 0.1) is 5.92 Å². The molecule has 2 aromatic rings. The third kappa shape index (κ3) is 2.92. The molecular weight excluding hydrogens is 309 g/mol. The summed E-state index contributed by atoms with van der Waals surface area (Å²) in [6, 6.07) is 6.13. The van der Waals surface area contributed by atoms with E-state index in [1.807, 2.05) is 4.90 Å². The third-order valence-electron chi connectivity index (χ3n) is 5.02. The quantitative estimate of drug-likeness (QED) is 0.866. The highest BCUT2D eigenvalue weighted by Crippen LogP contribution is 2.32. The summed E-state index contributed by atoms with van der Waals surface area (Å²) >= 11 is 0. The number of amides is 1. The average molecular weight is 329 g/mol. The van der Waals surface area contributed by atoms with Crippen molar-refractivity contribution in [2.24, 2.45) is 5.92 Å². The Kier molecular flexibility index (Phi) is 4.04. The Morgan fingerprint density at radius 3 is 2.75 bits per heavy atom. The van der Waals surface area contributed by atoms with E-state index in [0.29, 0.717) is 30.4 Å². The predicted octanol–water partition coefficient (Wildman–Crippen LogP) is 3.38. The number of carbonyl (C=O) groups is 1. The Morgan fingerprint density at radius 1 is 1.21 bits per heavy atom. The molecule has 0 radical (unpaired) electrons. The van der Waals surface area contributed by atoms with E-state index in [9.17, 15) is 9.18 Å². The van der Waals surface area contributed by atoms with Crippen molar-refractivity contribution in [1.29, 1.82) is 0 Å². The summed E-state index contributed by atoms with van der Waals surface area (Å²) in [4.78, 5) is 18.7. The number of benzene rings is 1. The van der Waals surface area contributed by atoms with Gasteiger partial charge in [-0.2, -0.15) is 4.98 Å². The summed E-state index contributed by atoms with van der Waals surface area (Å²) in [6.07, 6.45) is 5.61. The van der Waals surface area contributed by atoms with Crippen LogP contribution >= 0.6 is 0 Å². The Bertz CT molecular complexity index is 733. The average Bonchev–Trinajstić information content (AvgIpc) is 3.04. The summed E-state index contributed by atoms with van der Waals surface area (Å²) in [5.74, 6) is 1.16. The first kappa shape index (κ1) is 15.3. The van der Waals surface area contributed by atoms with E-state index in [1.54, 1.807) is 12.1 Å². The molecule has 1 amide bonds. The molecule has 4 rings (SSSR count). The zero-order valence-electron chi connectivity index (χ0n) is 13.4. The van der Waals surface area contributed by atoms with Gasteiger partial charge < -0.3 is 9.42 Å². The number of halogens is 1. The number of hydrogen-bond acceptors (Lipinski definition) is 4. The molecule has 2 heterocycles. The SMILES string of the molecule is O=C(C1CCCCC1)N1CC(c2nc(-c3cccc(F)c3)no2)C1. The molecule has 24 heavy (non-hydrogen) atoms. The molecular formula is C18H20FN3O2. The van der Waals surface area contributed by atoms with Crippen LogP contribution in [0.2, 0.25) is 0 Å². The topological polar surface area (TPSA) is 59.2 Å². The van der Waals surface area contributed by atoms with Crippen LogP contribution in [0.25, 0.3) is 11.4 Å². The first-order valence-electron chi connectivity index (χ1n) is 8.59. The Hall–Kier alpha value is -2.24. The molecule has 5 nitrogen and oxygen atoms in total. The Morgan fingerprint density at radius 2 is 2.00 bits per heavy atom. The highest BCUT2D eigenvalue weighted by Gasteiger charge is 2.38. The minimum atomic E-state index is -0.327. The zero-order chi connectivity index (χ0) is 16.5. The molecule has 1 aliphatic heterocycles. The molecule has 0 spiro atoms. The number of aromatic nitrogens is 2. The molecule has 126 valence electrons. The number of rotatable bonds is 3. The van der Waals surface area contributed by atoms with Crippen molar-refractivity contribution in [3.8, 4) is 11.4 Å². The first-order valence-corrected chi connectivity index (χ1v) is 8.59. The van der Waals surface area contributed by atoms with Crippen molar-refractivity contribution >= 4 is 5.91 Å². The van der Waals surface area contributed by atoms with Crippen molar-refractivity contribution in [3.05, 3.63) is 36.0 Å². The van der Waals surface area contributed by atoms with Crippen LogP contribution in [0.4, 0.5) is 4.39 Å². The molecule has 1 aromatic heterocycles. The van der Waals surface area contributed by atoms with Gasteiger partial charge in [-0.3, -0.25) is 4.79 Å². The molecule has 0 bridgehead atoms. The van der Waals surface area contributed by atoms with Crippen LogP contribution in [0.5, 0.6) is 0 Å². The van der Waals surface area contributed by atoms with Gasteiger partial charge in [-0.1, -0.05) is 36.6 Å². The van der Waals surface area contributed by atoms with Gasteiger partial charge in [0.1, 0.15) is 5.82 Å². The van der Waals surface area contributed by atoms with E-state index in [2.05, 4.69) is 10.1 Å². The molecule has 2 fully saturated rings. The number of carbonyl (C=O) groups excluding carboxylic acids is 1. The van der Waals surface area contributed by atoms with Gasteiger partial charge in [-0.05, 0) is 25.0 Å². The van der Waals surface area contributed by atoms with Gasteiger partial charge >= 0.3 is 0 Å². The molecule has 0 unspecified atom stereocenters. The normalized spacial score (nSPS) is 19.3. The highest BCUT2D eigenvalue weighted by molar-refractivity contribution is 5.80. The number of nitrogens with zero attached hydrogens (tertiary/aromatic N) is 3. The van der Waals surface area contributed by atoms with Gasteiger partial charge in [0.2, 0.25) is 17.6 Å². The fraction of sp³-hybridized carbons (Fsp3) is 0.500. The molecule has 2 aliphatic rings. The second-order valence-corrected chi connectivity index (χ2v) is 6.74. The van der Waals surface area contributed by atoms with Gasteiger partial charge in [0.15, 0.2) is 0 Å². The third-order valence-corrected chi connectivity index (χ3v) is 5.02. The summed E-state index contributed by atoms with van der Waals surface area (Å²) in [7, 11) is 0. The lowest BCUT2D eigenvalue weighted by molar-refractivity contribution is -0.141. The van der Waals surface area contributed by atoms with Crippen molar-refractivity contribution in [2.75, 3.05) is 13.1 Å². The second-order valence-electron chi connectivity index (χ2n) is 6.74. The van der Waals surface area contributed by atoms with Gasteiger partial charge in [-0.25, -0.2) is 4.39 Å². The van der Waals surface area contributed by atoms with E-state index in [-0.39, 0.29) is 23.6 Å². The molecule has 6 heteroatoms. The van der Waals surface area contributed by atoms with E-state index >= 15 is 0 Å². The molecule has 1 aliphatic carbocycles. The summed E-state index contributed by atoms with van der Waals surface area (Å²) in [5.41, 5.74) is 0.597. The second kappa shape index (κ2) is 6.34. The standard InChI is InChI=1S/C18H20FN3O2/c19-15-8-4-7-13(9-15)16-20-17(24-21-16)14-10-22(11-14)18(23)12-5-2-1-3-6-12/h4,7-9,12,14H,1-3,5-6,10-11H2. The van der Waals surface area contributed by atoms with Crippen LogP contribution in [0.3, 0.4) is 0 Å². The van der Waals surface area contributed by atoms with Crippen LogP contribution < -0.4 is 0 Å². The van der Waals surface area contributed by atoms with Crippen LogP contribution in [0.1, 0.15) is 43.9 Å². The molecule has 1 aromatic carbocycles. The van der Waals surface area contributed by atoms with Crippen molar-refractivity contribution < 1.29 is 13.7 Å². The fourth-order valence-corrected chi connectivity index (χ4v) is 3.57. The van der Waals surface area contributed by atoms with Crippen LogP contribution in [-0.2, 0) is 4.79 Å². The van der Waals surface area contributed by atoms with E-state index in [4.69, 9.17) is 4.52 Å². The summed E-state index contributed by atoms with van der Waals surface area (Å²) in [6.45, 7) is 1.28. The monoisotopic (exact) mass is 329 g/mol. The maximum Gasteiger partial charge on any atom is 0.233 e. The lowest BCUT2D eigenvalue weighted by Gasteiger charge is -2.39. The van der Waals surface area contributed by atoms with Crippen LogP contribution in [0.15, 0.2) is 28.8 Å². The largest absolute Gasteiger partial charge is 0.341 e. The maximum absolute atomic E-state index is 13.3. The molecule has 0 N–H and O–H groups in total. The van der Waals surface area contributed by atoms with E-state index in [1.165, 1.54) is 18.6 Å². The number of likely N-dealkylation sites (tertiary alicyclic amines) is 1.